The molecule has 1 amide bonds. The Morgan fingerprint density at radius 1 is 1.20 bits per heavy atom. The molecule has 2 rings (SSSR count). The van der Waals surface area contributed by atoms with Gasteiger partial charge in [-0.25, -0.2) is 9.59 Å². The molecule has 4 unspecified atom stereocenters. The Balaban J connectivity index is 2.05. The van der Waals surface area contributed by atoms with E-state index in [1.54, 1.807) is 6.92 Å². The van der Waals surface area contributed by atoms with Crippen LogP contribution in [0.3, 0.4) is 0 Å². The van der Waals surface area contributed by atoms with Crippen LogP contribution < -0.4 is 0 Å². The first-order valence-electron chi connectivity index (χ1n) is 8.71. The first-order chi connectivity index (χ1) is 11.7. The molecule has 2 fully saturated rings. The fraction of sp³-hybridized carbons (Fsp3) is 0.875. The van der Waals surface area contributed by atoms with Crippen LogP contribution in [-0.2, 0) is 24.4 Å². The number of amides is 1. The van der Waals surface area contributed by atoms with Crippen molar-refractivity contribution in [1.82, 2.24) is 4.90 Å². The molecular weight excluding hydrogens is 350 g/mol. The van der Waals surface area contributed by atoms with Gasteiger partial charge in [0.2, 0.25) is 0 Å². The van der Waals surface area contributed by atoms with Crippen LogP contribution in [0.2, 0.25) is 0 Å². The second-order valence-electron chi connectivity index (χ2n) is 6.90. The van der Waals surface area contributed by atoms with Gasteiger partial charge in [0.25, 0.3) is 10.1 Å². The Labute approximate surface area is 148 Å². The predicted molar refractivity (Wildman–Crippen MR) is 89.5 cm³/mol. The van der Waals surface area contributed by atoms with E-state index in [0.29, 0.717) is 19.4 Å². The maximum atomic E-state index is 12.3. The SMILES string of the molecule is CCOC(=O)C1CC2CC(CCS(=O)(=O)O)CCC2CN1C(=O)OC. The van der Waals surface area contributed by atoms with Crippen molar-refractivity contribution in [3.63, 3.8) is 0 Å². The normalized spacial score (nSPS) is 29.6. The molecule has 1 N–H and O–H groups in total. The molecule has 0 bridgehead atoms. The number of nitrogens with zero attached hydrogens (tertiary/aromatic N) is 1. The van der Waals surface area contributed by atoms with Gasteiger partial charge in [-0.15, -0.1) is 0 Å². The summed E-state index contributed by atoms with van der Waals surface area (Å²) in [7, 11) is -2.66. The lowest BCUT2D eigenvalue weighted by atomic mass is 9.68. The van der Waals surface area contributed by atoms with Crippen LogP contribution in [-0.4, -0.2) is 62.0 Å². The Morgan fingerprint density at radius 3 is 2.52 bits per heavy atom. The molecule has 0 aromatic rings. The van der Waals surface area contributed by atoms with Crippen LogP contribution in [0.15, 0.2) is 0 Å². The molecule has 1 aliphatic heterocycles. The number of hydrogen-bond acceptors (Lipinski definition) is 6. The molecule has 1 saturated heterocycles. The van der Waals surface area contributed by atoms with Crippen molar-refractivity contribution in [1.29, 1.82) is 0 Å². The third-order valence-electron chi connectivity index (χ3n) is 5.33. The smallest absolute Gasteiger partial charge is 0.410 e. The second-order valence-corrected chi connectivity index (χ2v) is 8.47. The van der Waals surface area contributed by atoms with E-state index < -0.39 is 28.2 Å². The Morgan fingerprint density at radius 2 is 1.92 bits per heavy atom. The largest absolute Gasteiger partial charge is 0.464 e. The highest BCUT2D eigenvalue weighted by atomic mass is 32.2. The van der Waals surface area contributed by atoms with Crippen LogP contribution in [0.25, 0.3) is 0 Å². The van der Waals surface area contributed by atoms with Gasteiger partial charge in [0, 0.05) is 6.54 Å². The first kappa shape index (κ1) is 20.0. The van der Waals surface area contributed by atoms with Gasteiger partial charge in [-0.1, -0.05) is 6.42 Å². The van der Waals surface area contributed by atoms with Crippen molar-refractivity contribution in [2.24, 2.45) is 17.8 Å². The van der Waals surface area contributed by atoms with Crippen molar-refractivity contribution in [2.45, 2.75) is 45.1 Å². The molecule has 2 aliphatic rings. The first-order valence-corrected chi connectivity index (χ1v) is 10.3. The molecule has 1 heterocycles. The van der Waals surface area contributed by atoms with Crippen molar-refractivity contribution in [3.8, 4) is 0 Å². The molecule has 0 spiro atoms. The van der Waals surface area contributed by atoms with Gasteiger partial charge in [-0.2, -0.15) is 8.42 Å². The van der Waals surface area contributed by atoms with E-state index in [1.165, 1.54) is 12.0 Å². The Hall–Kier alpha value is -1.35. The zero-order valence-corrected chi connectivity index (χ0v) is 15.5. The van der Waals surface area contributed by atoms with Crippen LogP contribution in [0.1, 0.15) is 39.0 Å². The highest BCUT2D eigenvalue weighted by Crippen LogP contribution is 2.42. The molecule has 9 heteroatoms. The van der Waals surface area contributed by atoms with Crippen LogP contribution in [0, 0.1) is 17.8 Å². The predicted octanol–water partition coefficient (Wildman–Crippen LogP) is 1.70. The number of carbonyl (C=O) groups is 2. The van der Waals surface area contributed by atoms with E-state index in [0.717, 1.165) is 19.3 Å². The fourth-order valence-electron chi connectivity index (χ4n) is 4.11. The minimum atomic E-state index is -3.95. The quantitative estimate of drug-likeness (QED) is 0.573. The zero-order valence-electron chi connectivity index (χ0n) is 14.7. The summed E-state index contributed by atoms with van der Waals surface area (Å²) < 4.78 is 40.8. The zero-order chi connectivity index (χ0) is 18.6. The molecule has 0 aromatic carbocycles. The molecule has 8 nitrogen and oxygen atoms in total. The van der Waals surface area contributed by atoms with E-state index in [1.807, 2.05) is 0 Å². The fourth-order valence-corrected chi connectivity index (χ4v) is 4.74. The van der Waals surface area contributed by atoms with Crippen LogP contribution in [0.4, 0.5) is 4.79 Å². The summed E-state index contributed by atoms with van der Waals surface area (Å²) >= 11 is 0. The van der Waals surface area contributed by atoms with E-state index in [-0.39, 0.29) is 30.1 Å². The summed E-state index contributed by atoms with van der Waals surface area (Å²) in [6.45, 7) is 2.42. The topological polar surface area (TPSA) is 110 Å². The van der Waals surface area contributed by atoms with Crippen molar-refractivity contribution >= 4 is 22.2 Å². The summed E-state index contributed by atoms with van der Waals surface area (Å²) in [6.07, 6.45) is 2.92. The third-order valence-corrected chi connectivity index (χ3v) is 6.09. The number of fused-ring (bicyclic) bond motifs is 1. The number of likely N-dealkylation sites (tertiary alicyclic amines) is 1. The maximum Gasteiger partial charge on any atom is 0.410 e. The summed E-state index contributed by atoms with van der Waals surface area (Å²) in [5, 5.41) is 0. The molecular formula is C16H27NO7S. The molecule has 0 aromatic heterocycles. The number of carbonyl (C=O) groups excluding carboxylic acids is 2. The van der Waals surface area contributed by atoms with E-state index in [4.69, 9.17) is 14.0 Å². The minimum Gasteiger partial charge on any atom is -0.464 e. The number of hydrogen-bond donors (Lipinski definition) is 1. The van der Waals surface area contributed by atoms with Crippen molar-refractivity contribution in [2.75, 3.05) is 26.0 Å². The molecule has 0 radical (unpaired) electrons. The lowest BCUT2D eigenvalue weighted by Gasteiger charge is -2.46. The summed E-state index contributed by atoms with van der Waals surface area (Å²) in [4.78, 5) is 25.8. The van der Waals surface area contributed by atoms with Crippen molar-refractivity contribution in [3.05, 3.63) is 0 Å². The Kier molecular flexibility index (Phi) is 6.67. The number of ether oxygens (including phenoxy) is 2. The summed E-state index contributed by atoms with van der Waals surface area (Å²) in [5.74, 6) is 0.0503. The lowest BCUT2D eigenvalue weighted by molar-refractivity contribution is -0.152. The molecule has 25 heavy (non-hydrogen) atoms. The molecule has 144 valence electrons. The monoisotopic (exact) mass is 377 g/mol. The Bertz CT molecular complexity index is 591. The highest BCUT2D eigenvalue weighted by Gasteiger charge is 2.44. The van der Waals surface area contributed by atoms with Gasteiger partial charge < -0.3 is 9.47 Å². The van der Waals surface area contributed by atoms with Gasteiger partial charge in [-0.05, 0) is 50.4 Å². The molecule has 1 saturated carbocycles. The third kappa shape index (κ3) is 5.31. The standard InChI is InChI=1S/C16H27NO7S/c1-3-24-15(18)14-9-13-8-11(6-7-25(20,21)22)4-5-12(13)10-17(14)16(19)23-2/h11-14H,3-10H2,1-2H3,(H,20,21,22). The number of piperidine rings is 1. The van der Waals surface area contributed by atoms with Gasteiger partial charge >= 0.3 is 12.1 Å². The van der Waals surface area contributed by atoms with E-state index in [9.17, 15) is 18.0 Å². The van der Waals surface area contributed by atoms with Gasteiger partial charge in [0.15, 0.2) is 0 Å². The van der Waals surface area contributed by atoms with Gasteiger partial charge in [0.05, 0.1) is 19.5 Å². The van der Waals surface area contributed by atoms with Gasteiger partial charge in [0.1, 0.15) is 6.04 Å². The maximum absolute atomic E-state index is 12.3. The van der Waals surface area contributed by atoms with E-state index >= 15 is 0 Å². The minimum absolute atomic E-state index is 0.204. The second kappa shape index (κ2) is 8.35. The van der Waals surface area contributed by atoms with Crippen LogP contribution in [0.5, 0.6) is 0 Å². The number of methoxy groups -OCH3 is 1. The highest BCUT2D eigenvalue weighted by molar-refractivity contribution is 7.85. The van der Waals surface area contributed by atoms with E-state index in [2.05, 4.69) is 0 Å². The molecule has 4 atom stereocenters. The summed E-state index contributed by atoms with van der Waals surface area (Å²) in [6, 6.07) is -0.658. The van der Waals surface area contributed by atoms with Gasteiger partial charge in [-0.3, -0.25) is 9.45 Å². The summed E-state index contributed by atoms with van der Waals surface area (Å²) in [5.41, 5.74) is 0. The van der Waals surface area contributed by atoms with Crippen molar-refractivity contribution < 1.29 is 32.0 Å². The number of esters is 1. The molecule has 1 aliphatic carbocycles. The average Bonchev–Trinajstić information content (AvgIpc) is 2.57. The lowest BCUT2D eigenvalue weighted by Crippen LogP contribution is -2.55. The average molecular weight is 377 g/mol. The van der Waals surface area contributed by atoms with Crippen LogP contribution >= 0.6 is 0 Å². The number of rotatable bonds is 5.